The summed E-state index contributed by atoms with van der Waals surface area (Å²) in [6.07, 6.45) is 8.57. The Balaban J connectivity index is 0.710. The number of nitrogens with zero attached hydrogens (tertiary/aromatic N) is 3. The second-order valence-electron chi connectivity index (χ2n) is 33.0. The van der Waals surface area contributed by atoms with E-state index in [1.165, 1.54) is 25.0 Å². The van der Waals surface area contributed by atoms with Crippen LogP contribution in [0.2, 0.25) is 30.1 Å². The summed E-state index contributed by atoms with van der Waals surface area (Å²) < 4.78 is 142. The van der Waals surface area contributed by atoms with E-state index in [0.29, 0.717) is 87.1 Å². The summed E-state index contributed by atoms with van der Waals surface area (Å²) in [4.78, 5) is 61.7. The van der Waals surface area contributed by atoms with E-state index in [-0.39, 0.29) is 253 Å². The van der Waals surface area contributed by atoms with Crippen molar-refractivity contribution in [1.29, 1.82) is 0 Å². The highest BCUT2D eigenvalue weighted by Gasteiger charge is 2.38. The van der Waals surface area contributed by atoms with Gasteiger partial charge in [0, 0.05) is 148 Å². The molecule has 4 amide bonds. The molecule has 0 radical (unpaired) electrons. The molecule has 38 heteroatoms. The quantitative estimate of drug-likeness (QED) is 0.0177. The molecule has 0 aliphatic carbocycles. The molecule has 11 rings (SSSR count). The van der Waals surface area contributed by atoms with Crippen molar-refractivity contribution in [3.8, 4) is 0 Å². The van der Waals surface area contributed by atoms with E-state index in [0.717, 1.165) is 76.6 Å². The van der Waals surface area contributed by atoms with Crippen LogP contribution in [0.3, 0.4) is 0 Å². The largest absolute Gasteiger partial charge is 0.378 e. The molecule has 130 heavy (non-hydrogen) atoms. The van der Waals surface area contributed by atoms with Gasteiger partial charge in [-0.05, 0) is 157 Å². The molecule has 10 bridgehead atoms. The van der Waals surface area contributed by atoms with Crippen LogP contribution in [0.25, 0.3) is 0 Å². The zero-order valence-electron chi connectivity index (χ0n) is 74.5. The monoisotopic (exact) mass is 1980 g/mol. The summed E-state index contributed by atoms with van der Waals surface area (Å²) in [5.74, 6) is -2.14. The van der Waals surface area contributed by atoms with E-state index in [2.05, 4.69) is 57.1 Å². The van der Waals surface area contributed by atoms with Crippen LogP contribution in [0.15, 0.2) is 118 Å². The molecule has 0 saturated carbocycles. The Bertz CT molecular complexity index is 5010. The Labute approximate surface area is 796 Å². The molecule has 0 aromatic heterocycles. The molecule has 5 aliphatic rings. The number of carbonyl (C=O) groups is 4. The molecule has 0 saturated heterocycles. The van der Waals surface area contributed by atoms with Gasteiger partial charge in [-0.2, -0.15) is 0 Å². The van der Waals surface area contributed by atoms with Gasteiger partial charge < -0.3 is 78.6 Å². The van der Waals surface area contributed by atoms with Crippen molar-refractivity contribution in [2.75, 3.05) is 197 Å². The smallest absolute Gasteiger partial charge is 0.240 e. The number of hydrogen-bond donors (Lipinski definition) is 7. The van der Waals surface area contributed by atoms with Crippen molar-refractivity contribution in [3.63, 3.8) is 0 Å². The summed E-state index contributed by atoms with van der Waals surface area (Å²) in [7, 11) is -7.97. The lowest BCUT2D eigenvalue weighted by molar-refractivity contribution is -0.127. The van der Waals surface area contributed by atoms with Crippen molar-refractivity contribution in [3.05, 3.63) is 183 Å². The lowest BCUT2D eigenvalue weighted by Gasteiger charge is -2.40. The Morgan fingerprint density at radius 1 is 0.485 bits per heavy atom. The number of benzene rings is 6. The molecular formula is C92H126Cl6N10O19S3. The number of sulfonamides is 3. The number of nitrogens with one attached hydrogen (secondary N) is 7. The molecule has 5 aliphatic heterocycles. The fraction of sp³-hybridized carbons (Fsp3) is 0.565. The molecule has 5 heterocycles. The Morgan fingerprint density at radius 2 is 0.923 bits per heavy atom. The summed E-state index contributed by atoms with van der Waals surface area (Å²) in [5.41, 5.74) is 6.85. The van der Waals surface area contributed by atoms with Crippen molar-refractivity contribution in [2.45, 2.75) is 161 Å². The van der Waals surface area contributed by atoms with Crippen molar-refractivity contribution in [2.24, 2.45) is 0 Å². The lowest BCUT2D eigenvalue weighted by atomic mass is 9.82. The van der Waals surface area contributed by atoms with Gasteiger partial charge in [-0.1, -0.05) is 158 Å². The van der Waals surface area contributed by atoms with Crippen molar-refractivity contribution >= 4 is 129 Å². The highest BCUT2D eigenvalue weighted by molar-refractivity contribution is 7.90. The maximum absolute atomic E-state index is 14.1. The number of likely N-dealkylation sites (N-methyl/N-ethyl adjacent to an activating group) is 2. The predicted octanol–water partition coefficient (Wildman–Crippen LogP) is 12.7. The first kappa shape index (κ1) is 106. The van der Waals surface area contributed by atoms with Crippen molar-refractivity contribution in [1.82, 2.24) is 45.2 Å². The Morgan fingerprint density at radius 3 is 1.45 bits per heavy atom. The van der Waals surface area contributed by atoms with Gasteiger partial charge in [0.15, 0.2) is 0 Å². The fourth-order valence-electron chi connectivity index (χ4n) is 16.5. The number of anilines is 1. The Hall–Kier alpha value is -5.97. The van der Waals surface area contributed by atoms with Gasteiger partial charge in [0.25, 0.3) is 0 Å². The average molecular weight is 1980 g/mol. The first-order valence-electron chi connectivity index (χ1n) is 44.8. The van der Waals surface area contributed by atoms with Crippen LogP contribution < -0.4 is 40.3 Å². The maximum Gasteiger partial charge on any atom is 0.240 e. The molecule has 0 spiro atoms. The summed E-state index contributed by atoms with van der Waals surface area (Å²) in [5, 5.41) is 14.6. The van der Waals surface area contributed by atoms with Crippen LogP contribution in [0.4, 0.5) is 5.69 Å². The number of rotatable bonds is 28. The van der Waals surface area contributed by atoms with E-state index >= 15 is 0 Å². The van der Waals surface area contributed by atoms with Gasteiger partial charge in [0.2, 0.25) is 53.7 Å². The standard InChI is InChI=1S/C92H126Cl6N10O19S3/c1-4-5-6-7-8-9-10-11-21-89(112)105-92(25-22-86(109)99-28-34-119-40-46-125-49-43-122-37-31-102-128(113,114)71-18-12-15-66(52-71)77-60-106(2)62-80-74(77)55-69(93)57-83(80)95)26-23-87(110)100-29-35-120-41-47-126-50-44-123-38-32-103-129(115,116)72-19-13-16-67(53-72)78-61-107(3)63-82-76(78)59-85(97)91(90(82)98)108-64-79(75-56-70(94)58-84(96)81(75)65-108)68-17-14-20-73(54-68)130(117,118)104-33-39-124-45-51-127-48-42-121-36-30-101-88(111)24-27-92/h12-20,52-59,77-79,102-104H,4-11,21-51,60-65H2,1-3H3,(H,99,109)(H,100,110)(H,101,111)(H,105,112)/t77-,78-,79-,92?/m0/s1. The van der Waals surface area contributed by atoms with Gasteiger partial charge in [0.05, 0.1) is 149 Å². The minimum atomic E-state index is -4.06. The van der Waals surface area contributed by atoms with E-state index in [1.807, 2.05) is 50.5 Å². The second kappa shape index (κ2) is 54.7. The van der Waals surface area contributed by atoms with E-state index in [1.54, 1.807) is 54.6 Å². The maximum atomic E-state index is 14.1. The number of halogens is 6. The summed E-state index contributed by atoms with van der Waals surface area (Å²) >= 11 is 41.6. The van der Waals surface area contributed by atoms with E-state index < -0.39 is 41.5 Å². The fourth-order valence-corrected chi connectivity index (χ4v) is 21.6. The van der Waals surface area contributed by atoms with Crippen molar-refractivity contribution < 1.29 is 87.1 Å². The predicted molar refractivity (Wildman–Crippen MR) is 506 cm³/mol. The third-order valence-corrected chi connectivity index (χ3v) is 29.4. The third kappa shape index (κ3) is 33.8. The van der Waals surface area contributed by atoms with E-state index in [9.17, 15) is 44.4 Å². The topological polar surface area (TPSA) is 348 Å². The van der Waals surface area contributed by atoms with Gasteiger partial charge in [0.1, 0.15) is 0 Å². The number of carbonyl (C=O) groups excluding carboxylic acids is 4. The van der Waals surface area contributed by atoms with Gasteiger partial charge in [-0.25, -0.2) is 39.4 Å². The minimum absolute atomic E-state index is 0.0134. The number of amides is 4. The van der Waals surface area contributed by atoms with Gasteiger partial charge in [-0.3, -0.25) is 19.2 Å². The first-order valence-corrected chi connectivity index (χ1v) is 51.5. The van der Waals surface area contributed by atoms with Gasteiger partial charge in [-0.15, -0.1) is 0 Å². The molecule has 718 valence electrons. The molecular weight excluding hydrogens is 1860 g/mol. The third-order valence-electron chi connectivity index (χ3n) is 23.2. The highest BCUT2D eigenvalue weighted by atomic mass is 35.5. The zero-order valence-corrected chi connectivity index (χ0v) is 81.4. The average Bonchev–Trinajstić information content (AvgIpc) is 0.744. The lowest BCUT2D eigenvalue weighted by Crippen LogP contribution is -2.50. The highest BCUT2D eigenvalue weighted by Crippen LogP contribution is 2.49. The molecule has 1 unspecified atom stereocenters. The van der Waals surface area contributed by atoms with Crippen LogP contribution in [-0.2, 0) is 112 Å². The zero-order chi connectivity index (χ0) is 92.9. The van der Waals surface area contributed by atoms with Crippen LogP contribution in [0.1, 0.15) is 171 Å². The molecule has 4 atom stereocenters. The minimum Gasteiger partial charge on any atom is -0.378 e. The number of fused-ring (bicyclic) bond motifs is 37. The normalized spacial score (nSPS) is 20.6. The molecule has 7 N–H and O–H groups in total. The summed E-state index contributed by atoms with van der Waals surface area (Å²) in [6, 6.07) is 29.4. The summed E-state index contributed by atoms with van der Waals surface area (Å²) in [6.45, 7) is 8.74. The molecule has 29 nitrogen and oxygen atoms in total. The molecule has 0 fully saturated rings. The SMILES string of the molecule is CCCCCCCCCCC(=O)NC1(CCC(=O)NCCOCCOCCOCCNS(=O)(=O)c2cccc([C@@H]3CN(C)Cc4c(Cl)cc(Cl)cc43)c2)CCC(=O)NCCOCCOCCOCCNS(=O)(=O)c2cccc(c2)[C@@H]2CN(Cc3c(Cl)cc(Cl)cc32)c2c(Cl)cc3c(c2Cl)CN(C)C[C@H]3c2cccc(c2)S(=O)(=O)NCCOCCOCCOCCNC(=O)CC1. The second-order valence-corrected chi connectivity index (χ2v) is 40.7. The number of ether oxygens (including phenoxy) is 9. The first-order chi connectivity index (χ1) is 62.6. The van der Waals surface area contributed by atoms with Crippen LogP contribution in [-0.4, -0.2) is 256 Å². The molecule has 6 aromatic rings. The number of hydrogen-bond acceptors (Lipinski definition) is 22. The Kier molecular flexibility index (Phi) is 44.6. The van der Waals surface area contributed by atoms with Crippen LogP contribution in [0.5, 0.6) is 0 Å². The molecule has 6 aromatic carbocycles. The van der Waals surface area contributed by atoms with E-state index in [4.69, 9.17) is 112 Å². The van der Waals surface area contributed by atoms with Crippen LogP contribution >= 0.6 is 69.6 Å². The van der Waals surface area contributed by atoms with Gasteiger partial charge >= 0.3 is 0 Å². The number of unbranched alkanes of at least 4 members (excludes halogenated alkanes) is 7. The van der Waals surface area contributed by atoms with Crippen LogP contribution in [0, 0.1) is 0 Å².